The number of benzene rings is 2. The number of amides is 2. The molecule has 2 aromatic rings. The third-order valence-electron chi connectivity index (χ3n) is 6.26. The third kappa shape index (κ3) is 2.57. The number of ketones is 1. The first kappa shape index (κ1) is 19.2. The highest BCUT2D eigenvalue weighted by Gasteiger charge is 2.65. The largest absolute Gasteiger partial charge is 0.465 e. The molecule has 0 N–H and O–H groups in total. The van der Waals surface area contributed by atoms with Gasteiger partial charge in [-0.25, -0.2) is 9.69 Å². The summed E-state index contributed by atoms with van der Waals surface area (Å²) >= 11 is 0. The molecule has 0 aromatic heterocycles. The number of methoxy groups -OCH3 is 1. The Hall–Kier alpha value is -3.81. The Bertz CT molecular complexity index is 1170. The first-order valence-electron chi connectivity index (χ1n) is 9.92. The molecule has 0 spiro atoms. The number of imide groups is 1. The van der Waals surface area contributed by atoms with E-state index in [-0.39, 0.29) is 17.0 Å². The normalized spacial score (nSPS) is 25.9. The van der Waals surface area contributed by atoms with E-state index in [0.29, 0.717) is 0 Å². The number of ether oxygens (including phenoxy) is 1. The summed E-state index contributed by atoms with van der Waals surface area (Å²) in [7, 11) is 1.24. The van der Waals surface area contributed by atoms with Crippen molar-refractivity contribution in [3.63, 3.8) is 0 Å². The van der Waals surface area contributed by atoms with Gasteiger partial charge in [0.2, 0.25) is 11.8 Å². The van der Waals surface area contributed by atoms with Crippen LogP contribution in [0.5, 0.6) is 0 Å². The van der Waals surface area contributed by atoms with Crippen LogP contribution in [0, 0.1) is 11.8 Å². The van der Waals surface area contributed by atoms with Gasteiger partial charge < -0.3 is 4.74 Å². The molecule has 5 rings (SSSR count). The van der Waals surface area contributed by atoms with Crippen LogP contribution in [0.15, 0.2) is 53.6 Å². The van der Waals surface area contributed by atoms with Crippen LogP contribution in [0.4, 0.5) is 5.69 Å². The number of Topliss-reactive ketones (excluding diaryl/α,β-unsaturated/α-hetero) is 1. The Morgan fingerprint density at radius 2 is 1.65 bits per heavy atom. The van der Waals surface area contributed by atoms with E-state index in [1.165, 1.54) is 26.2 Å². The van der Waals surface area contributed by atoms with Crippen LogP contribution in [-0.2, 0) is 19.1 Å². The number of rotatable bonds is 3. The quantitative estimate of drug-likeness (QED) is 0.559. The van der Waals surface area contributed by atoms with Crippen LogP contribution in [-0.4, -0.2) is 47.9 Å². The summed E-state index contributed by atoms with van der Waals surface area (Å²) < 4.78 is 4.82. The van der Waals surface area contributed by atoms with Gasteiger partial charge >= 0.3 is 5.97 Å². The van der Waals surface area contributed by atoms with E-state index in [1.54, 1.807) is 23.4 Å². The lowest BCUT2D eigenvalue weighted by atomic mass is 9.84. The van der Waals surface area contributed by atoms with Crippen molar-refractivity contribution in [3.05, 3.63) is 65.2 Å². The number of fused-ring (bicyclic) bond motifs is 5. The maximum absolute atomic E-state index is 13.7. The van der Waals surface area contributed by atoms with Crippen molar-refractivity contribution in [2.24, 2.45) is 16.9 Å². The summed E-state index contributed by atoms with van der Waals surface area (Å²) in [6.45, 7) is 1.41. The minimum atomic E-state index is -0.885. The van der Waals surface area contributed by atoms with E-state index in [4.69, 9.17) is 4.74 Å². The highest BCUT2D eigenvalue weighted by atomic mass is 16.5. The number of carbonyl (C=O) groups is 4. The number of para-hydroxylation sites is 1. The van der Waals surface area contributed by atoms with Gasteiger partial charge in [-0.05, 0) is 30.2 Å². The molecule has 3 heterocycles. The van der Waals surface area contributed by atoms with E-state index in [1.807, 2.05) is 24.3 Å². The van der Waals surface area contributed by atoms with Gasteiger partial charge in [-0.15, -0.1) is 0 Å². The van der Waals surface area contributed by atoms with Gasteiger partial charge in [-0.3, -0.25) is 19.4 Å². The summed E-state index contributed by atoms with van der Waals surface area (Å²) in [5.41, 5.74) is 1.98. The van der Waals surface area contributed by atoms with E-state index in [9.17, 15) is 19.2 Å². The zero-order valence-corrected chi connectivity index (χ0v) is 16.9. The molecule has 2 fully saturated rings. The second-order valence-corrected chi connectivity index (χ2v) is 7.83. The Morgan fingerprint density at radius 1 is 0.968 bits per heavy atom. The molecule has 4 unspecified atom stereocenters. The van der Waals surface area contributed by atoms with Gasteiger partial charge in [-0.2, -0.15) is 5.10 Å². The van der Waals surface area contributed by atoms with E-state index in [0.717, 1.165) is 16.0 Å². The van der Waals surface area contributed by atoms with Crippen molar-refractivity contribution in [1.82, 2.24) is 5.01 Å². The molecule has 3 aliphatic rings. The molecule has 2 amide bonds. The van der Waals surface area contributed by atoms with Crippen LogP contribution in [0.25, 0.3) is 0 Å². The van der Waals surface area contributed by atoms with Gasteiger partial charge in [0, 0.05) is 0 Å². The molecule has 2 aromatic carbocycles. The number of hydrogen-bond acceptors (Lipinski definition) is 7. The number of hydrogen-bond donors (Lipinski definition) is 0. The third-order valence-corrected chi connectivity index (χ3v) is 6.26. The van der Waals surface area contributed by atoms with Gasteiger partial charge in [-0.1, -0.05) is 36.4 Å². The lowest BCUT2D eigenvalue weighted by Gasteiger charge is -2.33. The molecule has 0 bridgehead atoms. The van der Waals surface area contributed by atoms with Gasteiger partial charge in [0.05, 0.1) is 42.5 Å². The van der Waals surface area contributed by atoms with Crippen LogP contribution in [0.3, 0.4) is 0 Å². The SMILES string of the molecule is COC(=O)c1ccccc1N1C(=O)C2C(C1=O)C1c3ccccc3C=NN1C2C(C)=O. The second kappa shape index (κ2) is 6.87. The van der Waals surface area contributed by atoms with Crippen molar-refractivity contribution >= 4 is 35.5 Å². The number of nitrogens with zero attached hydrogens (tertiary/aromatic N) is 3. The highest BCUT2D eigenvalue weighted by molar-refractivity contribution is 6.25. The average molecular weight is 417 g/mol. The fourth-order valence-corrected chi connectivity index (χ4v) is 5.01. The fraction of sp³-hybridized carbons (Fsp3) is 0.261. The molecule has 31 heavy (non-hydrogen) atoms. The van der Waals surface area contributed by atoms with Gasteiger partial charge in [0.15, 0.2) is 5.78 Å². The highest BCUT2D eigenvalue weighted by Crippen LogP contribution is 2.52. The second-order valence-electron chi connectivity index (χ2n) is 7.83. The molecule has 0 radical (unpaired) electrons. The standard InChI is InChI=1S/C23H19N3O5/c1-12(27)19-17-18(20-14-8-4-3-7-13(14)11-24-26(19)20)22(29)25(21(17)28)16-10-6-5-9-15(16)23(30)31-2/h3-11,17-20H,1-2H3. The van der Waals surface area contributed by atoms with Crippen molar-refractivity contribution in [2.75, 3.05) is 12.0 Å². The lowest BCUT2D eigenvalue weighted by Crippen LogP contribution is -2.44. The zero-order chi connectivity index (χ0) is 21.9. The van der Waals surface area contributed by atoms with E-state index in [2.05, 4.69) is 5.10 Å². The molecule has 156 valence electrons. The summed E-state index contributed by atoms with van der Waals surface area (Å²) in [6.07, 6.45) is 1.65. The van der Waals surface area contributed by atoms with Crippen LogP contribution in [0.2, 0.25) is 0 Å². The molecule has 0 saturated carbocycles. The monoisotopic (exact) mass is 417 g/mol. The first-order valence-corrected chi connectivity index (χ1v) is 9.92. The Labute approximate surface area is 178 Å². The Morgan fingerprint density at radius 3 is 2.39 bits per heavy atom. The van der Waals surface area contributed by atoms with E-state index >= 15 is 0 Å². The topological polar surface area (TPSA) is 96.3 Å². The predicted molar refractivity (Wildman–Crippen MR) is 110 cm³/mol. The molecular weight excluding hydrogens is 398 g/mol. The van der Waals surface area contributed by atoms with Gasteiger partial charge in [0.25, 0.3) is 0 Å². The van der Waals surface area contributed by atoms with Crippen molar-refractivity contribution in [2.45, 2.75) is 19.0 Å². The van der Waals surface area contributed by atoms with Crippen molar-refractivity contribution in [1.29, 1.82) is 0 Å². The Balaban J connectivity index is 1.66. The number of anilines is 1. The van der Waals surface area contributed by atoms with Crippen molar-refractivity contribution < 1.29 is 23.9 Å². The van der Waals surface area contributed by atoms with Crippen molar-refractivity contribution in [3.8, 4) is 0 Å². The summed E-state index contributed by atoms with van der Waals surface area (Å²) in [5.74, 6) is -3.51. The smallest absolute Gasteiger partial charge is 0.339 e. The van der Waals surface area contributed by atoms with Crippen LogP contribution >= 0.6 is 0 Å². The summed E-state index contributed by atoms with van der Waals surface area (Å²) in [4.78, 5) is 53.1. The maximum Gasteiger partial charge on any atom is 0.339 e. The summed E-state index contributed by atoms with van der Waals surface area (Å²) in [5, 5.41) is 6.03. The molecule has 8 heteroatoms. The molecular formula is C23H19N3O5. The number of carbonyl (C=O) groups excluding carboxylic acids is 4. The number of esters is 1. The lowest BCUT2D eigenvalue weighted by molar-refractivity contribution is -0.129. The Kier molecular flexibility index (Phi) is 4.25. The minimum Gasteiger partial charge on any atom is -0.465 e. The maximum atomic E-state index is 13.7. The summed E-state index contributed by atoms with van der Waals surface area (Å²) in [6, 6.07) is 12.4. The molecule has 2 saturated heterocycles. The zero-order valence-electron chi connectivity index (χ0n) is 16.9. The predicted octanol–water partition coefficient (Wildman–Crippen LogP) is 1.94. The first-order chi connectivity index (χ1) is 15.0. The molecule has 4 atom stereocenters. The number of hydrazone groups is 1. The fourth-order valence-electron chi connectivity index (χ4n) is 5.01. The van der Waals surface area contributed by atoms with Crippen LogP contribution < -0.4 is 4.90 Å². The molecule has 3 aliphatic heterocycles. The molecule has 0 aliphatic carbocycles. The minimum absolute atomic E-state index is 0.116. The average Bonchev–Trinajstić information content (AvgIpc) is 3.26. The van der Waals surface area contributed by atoms with Gasteiger partial charge in [0.1, 0.15) is 6.04 Å². The van der Waals surface area contributed by atoms with E-state index < -0.39 is 41.7 Å². The molecule has 8 nitrogen and oxygen atoms in total. The van der Waals surface area contributed by atoms with Crippen LogP contribution in [0.1, 0.15) is 34.5 Å².